The fraction of sp³-hybridized carbons (Fsp3) is 0.800. The monoisotopic (exact) mass is 190 g/mol. The minimum absolute atomic E-state index is 0.150. The van der Waals surface area contributed by atoms with Gasteiger partial charge >= 0.3 is 0 Å². The van der Waals surface area contributed by atoms with Gasteiger partial charge in [0.2, 0.25) is 6.29 Å². The van der Waals surface area contributed by atoms with E-state index in [1.807, 2.05) is 27.7 Å². The lowest BCUT2D eigenvalue weighted by molar-refractivity contribution is -0.148. The predicted octanol–water partition coefficient (Wildman–Crippen LogP) is 2.49. The quantitative estimate of drug-likeness (QED) is 0.675. The summed E-state index contributed by atoms with van der Waals surface area (Å²) in [5.41, 5.74) is 0. The summed E-state index contributed by atoms with van der Waals surface area (Å²) < 4.78 is 17.5. The fourth-order valence-electron chi connectivity index (χ4n) is 1.31. The van der Waals surface area contributed by atoms with E-state index >= 15 is 0 Å². The van der Waals surface area contributed by atoms with Gasteiger partial charge in [-0.2, -0.15) is 0 Å². The number of aliphatic hydroxyl groups is 1. The number of aliphatic hydroxyl groups excluding tert-OH is 1. The van der Waals surface area contributed by atoms with Crippen molar-refractivity contribution < 1.29 is 14.2 Å². The summed E-state index contributed by atoms with van der Waals surface area (Å²) in [7, 11) is 0. The summed E-state index contributed by atoms with van der Waals surface area (Å²) in [6, 6.07) is 0. The molecule has 0 aromatic rings. The third kappa shape index (κ3) is 4.39. The first-order chi connectivity index (χ1) is 5.86. The maximum absolute atomic E-state index is 12.4. The molecule has 0 amide bonds. The molecule has 13 heavy (non-hydrogen) atoms. The Balaban J connectivity index is 4.18. The van der Waals surface area contributed by atoms with Crippen molar-refractivity contribution in [2.45, 2.75) is 40.1 Å². The second kappa shape index (κ2) is 5.35. The minimum Gasteiger partial charge on any atom is -0.362 e. The van der Waals surface area contributed by atoms with Gasteiger partial charge < -0.3 is 9.84 Å². The Kier molecular flexibility index (Phi) is 5.18. The zero-order valence-electron chi connectivity index (χ0n) is 8.75. The van der Waals surface area contributed by atoms with Crippen LogP contribution >= 0.6 is 0 Å². The summed E-state index contributed by atoms with van der Waals surface area (Å²) in [5.74, 6) is -0.352. The molecule has 1 N–H and O–H groups in total. The Morgan fingerprint density at radius 2 is 1.62 bits per heavy atom. The molecule has 0 aromatic heterocycles. The second-order valence-electron chi connectivity index (χ2n) is 3.89. The molecule has 0 heterocycles. The van der Waals surface area contributed by atoms with Crippen LogP contribution in [0.1, 0.15) is 27.7 Å². The normalized spacial score (nSPS) is 14.2. The van der Waals surface area contributed by atoms with Gasteiger partial charge in [0.25, 0.3) is 0 Å². The zero-order valence-corrected chi connectivity index (χ0v) is 8.75. The van der Waals surface area contributed by atoms with E-state index in [4.69, 9.17) is 9.84 Å². The molecule has 1 atom stereocenters. The van der Waals surface area contributed by atoms with E-state index in [9.17, 15) is 4.39 Å². The van der Waals surface area contributed by atoms with Crippen molar-refractivity contribution in [1.29, 1.82) is 0 Å². The van der Waals surface area contributed by atoms with Crippen molar-refractivity contribution in [2.75, 3.05) is 0 Å². The van der Waals surface area contributed by atoms with Gasteiger partial charge in [-0.15, -0.1) is 0 Å². The van der Waals surface area contributed by atoms with Crippen molar-refractivity contribution in [3.05, 3.63) is 12.4 Å². The van der Waals surface area contributed by atoms with Crippen LogP contribution in [0.25, 0.3) is 0 Å². The largest absolute Gasteiger partial charge is 0.362 e. The molecule has 0 aliphatic heterocycles. The molecule has 0 radical (unpaired) electrons. The highest BCUT2D eigenvalue weighted by Crippen LogP contribution is 2.19. The molecule has 0 saturated heterocycles. The molecule has 0 rings (SSSR count). The van der Waals surface area contributed by atoms with Gasteiger partial charge in [-0.1, -0.05) is 34.3 Å². The van der Waals surface area contributed by atoms with Gasteiger partial charge in [-0.05, 0) is 11.8 Å². The van der Waals surface area contributed by atoms with Crippen LogP contribution in [0.15, 0.2) is 12.4 Å². The number of ether oxygens (including phenoxy) is 1. The van der Waals surface area contributed by atoms with Crippen LogP contribution < -0.4 is 0 Å². The molecule has 1 unspecified atom stereocenters. The van der Waals surface area contributed by atoms with E-state index in [1.54, 1.807) is 0 Å². The van der Waals surface area contributed by atoms with E-state index in [1.165, 1.54) is 0 Å². The summed E-state index contributed by atoms with van der Waals surface area (Å²) in [6.45, 7) is 10.9. The van der Waals surface area contributed by atoms with Crippen molar-refractivity contribution in [1.82, 2.24) is 0 Å². The Hall–Kier alpha value is -0.410. The first-order valence-corrected chi connectivity index (χ1v) is 4.54. The number of halogens is 1. The third-order valence-electron chi connectivity index (χ3n) is 1.87. The average molecular weight is 190 g/mol. The van der Waals surface area contributed by atoms with E-state index in [2.05, 4.69) is 6.58 Å². The molecule has 0 aliphatic carbocycles. The standard InChI is InChI=1S/C10H19FO2/c1-6(2)9(7(3)4)13-10(12)8(5)11/h6-7,9-10,12H,5H2,1-4H3. The molecule has 0 bridgehead atoms. The van der Waals surface area contributed by atoms with Crippen LogP contribution in [0, 0.1) is 11.8 Å². The van der Waals surface area contributed by atoms with Crippen LogP contribution in [0.3, 0.4) is 0 Å². The van der Waals surface area contributed by atoms with Crippen molar-refractivity contribution in [3.8, 4) is 0 Å². The maximum atomic E-state index is 12.4. The van der Waals surface area contributed by atoms with E-state index in [0.717, 1.165) is 0 Å². The lowest BCUT2D eigenvalue weighted by Crippen LogP contribution is -2.31. The molecular weight excluding hydrogens is 171 g/mol. The number of hydrogen-bond donors (Lipinski definition) is 1. The molecular formula is C10H19FO2. The van der Waals surface area contributed by atoms with Crippen LogP contribution in [0.5, 0.6) is 0 Å². The summed E-state index contributed by atoms with van der Waals surface area (Å²) in [6.07, 6.45) is -1.64. The number of hydrogen-bond acceptors (Lipinski definition) is 2. The van der Waals surface area contributed by atoms with Gasteiger partial charge in [0.1, 0.15) is 5.83 Å². The average Bonchev–Trinajstić information content (AvgIpc) is 1.97. The molecule has 0 fully saturated rings. The first-order valence-electron chi connectivity index (χ1n) is 4.54. The lowest BCUT2D eigenvalue weighted by atomic mass is 9.96. The first kappa shape index (κ1) is 12.6. The fourth-order valence-corrected chi connectivity index (χ4v) is 1.31. The van der Waals surface area contributed by atoms with Crippen LogP contribution in [-0.2, 0) is 4.74 Å². The maximum Gasteiger partial charge on any atom is 0.207 e. The molecule has 2 nitrogen and oxygen atoms in total. The smallest absolute Gasteiger partial charge is 0.207 e. The molecule has 0 aliphatic rings. The van der Waals surface area contributed by atoms with E-state index in [-0.39, 0.29) is 17.9 Å². The molecule has 3 heteroatoms. The van der Waals surface area contributed by atoms with Gasteiger partial charge in [0.15, 0.2) is 0 Å². The Morgan fingerprint density at radius 1 is 1.23 bits per heavy atom. The molecule has 0 saturated carbocycles. The lowest BCUT2D eigenvalue weighted by Gasteiger charge is -2.27. The second-order valence-corrected chi connectivity index (χ2v) is 3.89. The highest BCUT2D eigenvalue weighted by atomic mass is 19.1. The Bertz CT molecular complexity index is 158. The van der Waals surface area contributed by atoms with Crippen molar-refractivity contribution in [2.24, 2.45) is 11.8 Å². The minimum atomic E-state index is -1.49. The molecule has 0 aromatic carbocycles. The third-order valence-corrected chi connectivity index (χ3v) is 1.87. The van der Waals surface area contributed by atoms with E-state index in [0.29, 0.717) is 0 Å². The molecule has 78 valence electrons. The van der Waals surface area contributed by atoms with Crippen LogP contribution in [0.2, 0.25) is 0 Å². The van der Waals surface area contributed by atoms with Crippen LogP contribution in [-0.4, -0.2) is 17.5 Å². The van der Waals surface area contributed by atoms with Gasteiger partial charge in [-0.3, -0.25) is 0 Å². The van der Waals surface area contributed by atoms with Gasteiger partial charge in [0.05, 0.1) is 6.10 Å². The zero-order chi connectivity index (χ0) is 10.6. The number of rotatable bonds is 5. The highest BCUT2D eigenvalue weighted by Gasteiger charge is 2.22. The Morgan fingerprint density at radius 3 is 1.85 bits per heavy atom. The van der Waals surface area contributed by atoms with E-state index < -0.39 is 12.1 Å². The predicted molar refractivity (Wildman–Crippen MR) is 50.8 cm³/mol. The van der Waals surface area contributed by atoms with Crippen molar-refractivity contribution in [3.63, 3.8) is 0 Å². The van der Waals surface area contributed by atoms with Gasteiger partial charge in [0, 0.05) is 0 Å². The van der Waals surface area contributed by atoms with Gasteiger partial charge in [-0.25, -0.2) is 4.39 Å². The summed E-state index contributed by atoms with van der Waals surface area (Å²) in [5, 5.41) is 9.10. The summed E-state index contributed by atoms with van der Waals surface area (Å²) >= 11 is 0. The van der Waals surface area contributed by atoms with Crippen molar-refractivity contribution >= 4 is 0 Å². The highest BCUT2D eigenvalue weighted by molar-refractivity contribution is 4.84. The molecule has 0 spiro atoms. The van der Waals surface area contributed by atoms with Crippen LogP contribution in [0.4, 0.5) is 4.39 Å². The SMILES string of the molecule is C=C(F)C(O)OC(C(C)C)C(C)C. The topological polar surface area (TPSA) is 29.5 Å². The summed E-state index contributed by atoms with van der Waals surface area (Å²) in [4.78, 5) is 0. The Labute approximate surface area is 79.4 Å².